The van der Waals surface area contributed by atoms with Gasteiger partial charge in [-0.1, -0.05) is 6.08 Å². The van der Waals surface area contributed by atoms with Gasteiger partial charge in [-0.2, -0.15) is 18.4 Å². The number of aromatic hydroxyl groups is 1. The number of methoxy groups -OCH3 is 1. The number of carbonyl (C=O) groups is 1. The molecule has 12 heteroatoms. The molecule has 1 amide bonds. The number of hydrogen-bond acceptors (Lipinski definition) is 7. The van der Waals surface area contributed by atoms with E-state index in [0.717, 1.165) is 6.07 Å². The van der Waals surface area contributed by atoms with Crippen molar-refractivity contribution in [2.75, 3.05) is 12.4 Å². The summed E-state index contributed by atoms with van der Waals surface area (Å²) in [6.45, 7) is 3.65. The summed E-state index contributed by atoms with van der Waals surface area (Å²) in [4.78, 5) is 23.1. The second-order valence-electron chi connectivity index (χ2n) is 7.91. The Balaban J connectivity index is 2.03. The van der Waals surface area contributed by atoms with Gasteiger partial charge in [-0.05, 0) is 66.6 Å². The smallest absolute Gasteiger partial charge is 0.416 e. The zero-order chi connectivity index (χ0) is 28.7. The fraction of sp³-hybridized carbons (Fsp3) is 0.111. The monoisotopic (exact) mass is 539 g/mol. The number of phenols is 1. The molecule has 0 heterocycles. The van der Waals surface area contributed by atoms with Gasteiger partial charge in [-0.15, -0.1) is 6.58 Å². The molecule has 0 aliphatic heterocycles. The highest BCUT2D eigenvalue weighted by molar-refractivity contribution is 6.09. The van der Waals surface area contributed by atoms with E-state index in [0.29, 0.717) is 28.9 Å². The fourth-order valence-corrected chi connectivity index (χ4v) is 3.43. The van der Waals surface area contributed by atoms with E-state index in [2.05, 4.69) is 11.9 Å². The van der Waals surface area contributed by atoms with Crippen LogP contribution in [0.25, 0.3) is 6.08 Å². The largest absolute Gasteiger partial charge is 0.508 e. The molecule has 0 saturated carbocycles. The van der Waals surface area contributed by atoms with E-state index < -0.39 is 34.0 Å². The van der Waals surface area contributed by atoms with Gasteiger partial charge >= 0.3 is 11.9 Å². The van der Waals surface area contributed by atoms with Crippen LogP contribution in [0.3, 0.4) is 0 Å². The van der Waals surface area contributed by atoms with Crippen LogP contribution in [0.5, 0.6) is 23.0 Å². The second kappa shape index (κ2) is 11.8. The molecule has 200 valence electrons. The van der Waals surface area contributed by atoms with Crippen LogP contribution >= 0.6 is 0 Å². The summed E-state index contributed by atoms with van der Waals surface area (Å²) in [6, 6.07) is 12.2. The number of phenolic OH excluding ortho intramolecular Hbond substituents is 1. The SMILES string of the molecule is C=CCc1cc(/C=C(\C#N)C(=O)Nc2ccc(O)cc2)cc(OC)c1Oc1ccc(C(F)(F)F)cc1[N+](=O)[O-]. The Kier molecular flexibility index (Phi) is 8.57. The number of hydrogen-bond donors (Lipinski definition) is 2. The van der Waals surface area contributed by atoms with E-state index >= 15 is 0 Å². The van der Waals surface area contributed by atoms with Crippen LogP contribution in [0, 0.1) is 21.4 Å². The Bertz CT molecular complexity index is 1490. The molecule has 0 spiro atoms. The van der Waals surface area contributed by atoms with Crippen molar-refractivity contribution >= 4 is 23.4 Å². The molecule has 3 rings (SSSR count). The van der Waals surface area contributed by atoms with Crippen molar-refractivity contribution in [2.45, 2.75) is 12.6 Å². The van der Waals surface area contributed by atoms with Crippen LogP contribution in [0.4, 0.5) is 24.5 Å². The quantitative estimate of drug-likeness (QED) is 0.0803. The number of ether oxygens (including phenoxy) is 2. The van der Waals surface area contributed by atoms with Crippen LogP contribution in [-0.4, -0.2) is 23.0 Å². The Morgan fingerprint density at radius 1 is 1.18 bits per heavy atom. The first-order valence-corrected chi connectivity index (χ1v) is 11.0. The number of allylic oxidation sites excluding steroid dienone is 1. The molecule has 9 nitrogen and oxygen atoms in total. The minimum absolute atomic E-state index is 0.00479. The number of amides is 1. The molecule has 0 unspecified atom stereocenters. The first kappa shape index (κ1) is 28.3. The predicted molar refractivity (Wildman–Crippen MR) is 135 cm³/mol. The van der Waals surface area contributed by atoms with Gasteiger partial charge in [0.05, 0.1) is 17.6 Å². The topological polar surface area (TPSA) is 135 Å². The number of nitriles is 1. The van der Waals surface area contributed by atoms with Gasteiger partial charge in [-0.25, -0.2) is 0 Å². The summed E-state index contributed by atoms with van der Waals surface area (Å²) >= 11 is 0. The number of nitro groups is 1. The van der Waals surface area contributed by atoms with Gasteiger partial charge in [0.25, 0.3) is 5.91 Å². The number of anilines is 1. The number of alkyl halides is 3. The molecule has 2 N–H and O–H groups in total. The third-order valence-electron chi connectivity index (χ3n) is 5.23. The average Bonchev–Trinajstić information content (AvgIpc) is 2.89. The van der Waals surface area contributed by atoms with Crippen molar-refractivity contribution in [2.24, 2.45) is 0 Å². The maximum absolute atomic E-state index is 13.1. The van der Waals surface area contributed by atoms with Crippen molar-refractivity contribution in [3.63, 3.8) is 0 Å². The molecule has 0 fully saturated rings. The van der Waals surface area contributed by atoms with Crippen molar-refractivity contribution in [1.29, 1.82) is 5.26 Å². The molecule has 0 aliphatic carbocycles. The molecule has 0 aromatic heterocycles. The van der Waals surface area contributed by atoms with Gasteiger partial charge in [0.2, 0.25) is 5.75 Å². The highest BCUT2D eigenvalue weighted by Crippen LogP contribution is 2.42. The lowest BCUT2D eigenvalue weighted by molar-refractivity contribution is -0.385. The van der Waals surface area contributed by atoms with Crippen LogP contribution in [-0.2, 0) is 17.4 Å². The summed E-state index contributed by atoms with van der Waals surface area (Å²) in [5.41, 5.74) is -1.36. The summed E-state index contributed by atoms with van der Waals surface area (Å²) in [6.07, 6.45) is -1.90. The number of nitro benzene ring substituents is 1. The van der Waals surface area contributed by atoms with E-state index in [-0.39, 0.29) is 29.2 Å². The van der Waals surface area contributed by atoms with Gasteiger partial charge in [0, 0.05) is 17.3 Å². The zero-order valence-corrected chi connectivity index (χ0v) is 20.3. The zero-order valence-electron chi connectivity index (χ0n) is 20.3. The Morgan fingerprint density at radius 2 is 1.87 bits per heavy atom. The van der Waals surface area contributed by atoms with Crippen LogP contribution in [0.15, 0.2) is 72.8 Å². The van der Waals surface area contributed by atoms with E-state index in [1.54, 1.807) is 6.07 Å². The first-order valence-electron chi connectivity index (χ1n) is 11.0. The lowest BCUT2D eigenvalue weighted by Crippen LogP contribution is -2.13. The standard InChI is InChI=1S/C27H20F3N3O6/c1-3-4-17-11-16(12-18(15-31)26(35)32-20-6-8-21(34)9-7-20)13-24(38-2)25(17)39-23-10-5-19(27(28,29)30)14-22(23)33(36)37/h3,5-14,34H,1,4H2,2H3,(H,32,35)/b18-12+. The number of rotatable bonds is 9. The third-order valence-corrected chi connectivity index (χ3v) is 5.23. The van der Waals surface area contributed by atoms with Gasteiger partial charge in [0.1, 0.15) is 17.4 Å². The molecule has 39 heavy (non-hydrogen) atoms. The molecular formula is C27H20F3N3O6. The Morgan fingerprint density at radius 3 is 2.44 bits per heavy atom. The number of nitrogens with one attached hydrogen (secondary N) is 1. The number of halogens is 3. The summed E-state index contributed by atoms with van der Waals surface area (Å²) in [7, 11) is 1.28. The minimum atomic E-state index is -4.80. The van der Waals surface area contributed by atoms with Gasteiger partial charge in [-0.3, -0.25) is 14.9 Å². The molecule has 0 atom stereocenters. The third kappa shape index (κ3) is 6.92. The Labute approximate surface area is 220 Å². The number of carbonyl (C=O) groups excluding carboxylic acids is 1. The second-order valence-corrected chi connectivity index (χ2v) is 7.91. The van der Waals surface area contributed by atoms with Gasteiger partial charge < -0.3 is 19.9 Å². The van der Waals surface area contributed by atoms with E-state index in [1.165, 1.54) is 55.7 Å². The number of benzene rings is 3. The Hall–Kier alpha value is -5.31. The van der Waals surface area contributed by atoms with Crippen molar-refractivity contribution in [3.05, 3.63) is 99.6 Å². The molecule has 0 radical (unpaired) electrons. The van der Waals surface area contributed by atoms with Crippen LogP contribution < -0.4 is 14.8 Å². The molecule has 0 saturated heterocycles. The number of nitrogens with zero attached hydrogens (tertiary/aromatic N) is 2. The summed E-state index contributed by atoms with van der Waals surface area (Å²) in [5, 5.41) is 33.0. The lowest BCUT2D eigenvalue weighted by atomic mass is 10.0. The maximum Gasteiger partial charge on any atom is 0.416 e. The van der Waals surface area contributed by atoms with Gasteiger partial charge in [0.15, 0.2) is 11.5 Å². The lowest BCUT2D eigenvalue weighted by Gasteiger charge is -2.16. The summed E-state index contributed by atoms with van der Waals surface area (Å²) < 4.78 is 50.3. The fourth-order valence-electron chi connectivity index (χ4n) is 3.43. The minimum Gasteiger partial charge on any atom is -0.508 e. The molecule has 0 aliphatic rings. The van der Waals surface area contributed by atoms with Crippen LogP contribution in [0.1, 0.15) is 16.7 Å². The van der Waals surface area contributed by atoms with E-state index in [1.807, 2.05) is 0 Å². The molecule has 3 aromatic carbocycles. The molecule has 0 bridgehead atoms. The maximum atomic E-state index is 13.1. The van der Waals surface area contributed by atoms with Crippen molar-refractivity contribution in [3.8, 4) is 29.1 Å². The van der Waals surface area contributed by atoms with Crippen molar-refractivity contribution < 1.29 is 37.5 Å². The molecular weight excluding hydrogens is 519 g/mol. The van der Waals surface area contributed by atoms with Crippen LogP contribution in [0.2, 0.25) is 0 Å². The summed E-state index contributed by atoms with van der Waals surface area (Å²) in [5.74, 6) is -1.18. The predicted octanol–water partition coefficient (Wildman–Crippen LogP) is 6.39. The highest BCUT2D eigenvalue weighted by atomic mass is 19.4. The normalized spacial score (nSPS) is 11.3. The van der Waals surface area contributed by atoms with Crippen molar-refractivity contribution in [1.82, 2.24) is 0 Å². The highest BCUT2D eigenvalue weighted by Gasteiger charge is 2.33. The first-order chi connectivity index (χ1) is 18.5. The van der Waals surface area contributed by atoms with E-state index in [9.17, 15) is 38.4 Å². The molecule has 3 aromatic rings. The average molecular weight is 539 g/mol. The van der Waals surface area contributed by atoms with E-state index in [4.69, 9.17) is 9.47 Å².